The Morgan fingerprint density at radius 1 is 1.19 bits per heavy atom. The molecule has 1 aromatic rings. The van der Waals surface area contributed by atoms with E-state index in [-0.39, 0.29) is 0 Å². The van der Waals surface area contributed by atoms with Crippen molar-refractivity contribution >= 4 is 5.96 Å². The highest BCUT2D eigenvalue weighted by Crippen LogP contribution is 2.34. The van der Waals surface area contributed by atoms with E-state index in [9.17, 15) is 0 Å². The number of nitrogens with zero attached hydrogens (tertiary/aromatic N) is 2. The van der Waals surface area contributed by atoms with E-state index in [0.29, 0.717) is 24.3 Å². The molecule has 148 valence electrons. The minimum atomic E-state index is 0.378. The second-order valence-electron chi connectivity index (χ2n) is 8.19. The van der Waals surface area contributed by atoms with Crippen LogP contribution in [0.5, 0.6) is 0 Å². The summed E-state index contributed by atoms with van der Waals surface area (Å²) in [5.41, 5.74) is 1.40. The van der Waals surface area contributed by atoms with E-state index < -0.39 is 0 Å². The molecule has 3 aliphatic heterocycles. The van der Waals surface area contributed by atoms with Crippen molar-refractivity contribution in [1.82, 2.24) is 15.5 Å². The summed E-state index contributed by atoms with van der Waals surface area (Å²) in [5.74, 6) is 0.962. The van der Waals surface area contributed by atoms with Gasteiger partial charge in [-0.3, -0.25) is 9.89 Å². The van der Waals surface area contributed by atoms with Crippen LogP contribution < -0.4 is 10.6 Å². The van der Waals surface area contributed by atoms with E-state index in [1.54, 1.807) is 0 Å². The number of likely N-dealkylation sites (tertiary alicyclic amines) is 1. The van der Waals surface area contributed by atoms with Gasteiger partial charge < -0.3 is 15.4 Å². The van der Waals surface area contributed by atoms with Crippen LogP contribution in [0.1, 0.15) is 51.0 Å². The SMILES string of the molecule is CCNC(=NCC1CCCCN1Cc1ccccc1)NC1CC2CCC1O2. The largest absolute Gasteiger partial charge is 0.373 e. The fourth-order valence-corrected chi connectivity index (χ4v) is 4.77. The molecule has 3 aliphatic rings. The Labute approximate surface area is 163 Å². The predicted octanol–water partition coefficient (Wildman–Crippen LogP) is 2.92. The summed E-state index contributed by atoms with van der Waals surface area (Å²) in [6.07, 6.45) is 8.25. The lowest BCUT2D eigenvalue weighted by Gasteiger charge is -2.35. The van der Waals surface area contributed by atoms with Gasteiger partial charge in [-0.1, -0.05) is 36.8 Å². The molecule has 4 unspecified atom stereocenters. The van der Waals surface area contributed by atoms with E-state index in [2.05, 4.69) is 52.8 Å². The average Bonchev–Trinajstić information content (AvgIpc) is 3.31. The van der Waals surface area contributed by atoms with Crippen LogP contribution in [-0.2, 0) is 11.3 Å². The second-order valence-corrected chi connectivity index (χ2v) is 8.19. The third-order valence-corrected chi connectivity index (χ3v) is 6.21. The maximum absolute atomic E-state index is 5.99. The molecule has 3 fully saturated rings. The Morgan fingerprint density at radius 3 is 2.81 bits per heavy atom. The maximum Gasteiger partial charge on any atom is 0.191 e. The van der Waals surface area contributed by atoms with Crippen LogP contribution in [0.2, 0.25) is 0 Å². The predicted molar refractivity (Wildman–Crippen MR) is 110 cm³/mol. The topological polar surface area (TPSA) is 48.9 Å². The zero-order valence-corrected chi connectivity index (χ0v) is 16.6. The Hall–Kier alpha value is -1.59. The summed E-state index contributed by atoms with van der Waals surface area (Å²) < 4.78 is 5.99. The van der Waals surface area contributed by atoms with Crippen molar-refractivity contribution in [2.75, 3.05) is 19.6 Å². The molecule has 0 spiro atoms. The molecular weight excluding hydrogens is 336 g/mol. The van der Waals surface area contributed by atoms with Gasteiger partial charge in [0, 0.05) is 19.1 Å². The summed E-state index contributed by atoms with van der Waals surface area (Å²) in [6.45, 7) is 6.11. The number of aliphatic imine (C=N–C) groups is 1. The molecule has 0 radical (unpaired) electrons. The number of piperidine rings is 1. The van der Waals surface area contributed by atoms with Crippen molar-refractivity contribution < 1.29 is 4.74 Å². The highest BCUT2D eigenvalue weighted by atomic mass is 16.5. The molecule has 2 N–H and O–H groups in total. The number of rotatable bonds is 6. The van der Waals surface area contributed by atoms with Crippen LogP contribution in [0.4, 0.5) is 0 Å². The molecule has 0 aromatic heterocycles. The second kappa shape index (κ2) is 9.07. The van der Waals surface area contributed by atoms with Gasteiger partial charge in [0.1, 0.15) is 0 Å². The van der Waals surface area contributed by atoms with Crippen LogP contribution in [0, 0.1) is 0 Å². The number of benzene rings is 1. The number of guanidine groups is 1. The number of hydrogen-bond donors (Lipinski definition) is 2. The van der Waals surface area contributed by atoms with Gasteiger partial charge in [0.25, 0.3) is 0 Å². The first-order chi connectivity index (χ1) is 13.3. The zero-order chi connectivity index (χ0) is 18.5. The first-order valence-corrected chi connectivity index (χ1v) is 10.8. The summed E-state index contributed by atoms with van der Waals surface area (Å²) in [4.78, 5) is 7.59. The molecule has 2 bridgehead atoms. The molecule has 0 saturated carbocycles. The van der Waals surface area contributed by atoms with E-state index >= 15 is 0 Å². The lowest BCUT2D eigenvalue weighted by Crippen LogP contribution is -2.48. The highest BCUT2D eigenvalue weighted by molar-refractivity contribution is 5.80. The van der Waals surface area contributed by atoms with Crippen LogP contribution in [0.25, 0.3) is 0 Å². The summed E-state index contributed by atoms with van der Waals surface area (Å²) in [6, 6.07) is 11.8. The highest BCUT2D eigenvalue weighted by Gasteiger charge is 2.41. The minimum Gasteiger partial charge on any atom is -0.373 e. The van der Waals surface area contributed by atoms with Gasteiger partial charge in [-0.15, -0.1) is 0 Å². The number of nitrogens with one attached hydrogen (secondary N) is 2. The smallest absolute Gasteiger partial charge is 0.191 e. The van der Waals surface area contributed by atoms with Crippen LogP contribution in [-0.4, -0.2) is 54.8 Å². The Kier molecular flexibility index (Phi) is 6.30. The normalized spacial score (nSPS) is 31.2. The van der Waals surface area contributed by atoms with Crippen LogP contribution in [0.3, 0.4) is 0 Å². The third kappa shape index (κ3) is 4.82. The summed E-state index contributed by atoms with van der Waals surface area (Å²) in [7, 11) is 0. The van der Waals surface area contributed by atoms with Gasteiger partial charge in [0.05, 0.1) is 24.8 Å². The van der Waals surface area contributed by atoms with Crippen molar-refractivity contribution in [2.24, 2.45) is 4.99 Å². The molecule has 4 atom stereocenters. The van der Waals surface area contributed by atoms with Gasteiger partial charge in [-0.25, -0.2) is 0 Å². The minimum absolute atomic E-state index is 0.378. The molecule has 0 aliphatic carbocycles. The number of hydrogen-bond acceptors (Lipinski definition) is 3. The number of ether oxygens (including phenoxy) is 1. The van der Waals surface area contributed by atoms with Gasteiger partial charge >= 0.3 is 0 Å². The Bertz CT molecular complexity index is 620. The van der Waals surface area contributed by atoms with Crippen molar-refractivity contribution in [1.29, 1.82) is 0 Å². The molecule has 1 aromatic carbocycles. The van der Waals surface area contributed by atoms with Crippen molar-refractivity contribution in [3.63, 3.8) is 0 Å². The number of fused-ring (bicyclic) bond motifs is 2. The first kappa shape index (κ1) is 18.8. The lowest BCUT2D eigenvalue weighted by molar-refractivity contribution is 0.0992. The maximum atomic E-state index is 5.99. The van der Waals surface area contributed by atoms with E-state index in [4.69, 9.17) is 9.73 Å². The molecule has 0 amide bonds. The molecule has 3 saturated heterocycles. The molecule has 5 heteroatoms. The molecule has 5 nitrogen and oxygen atoms in total. The van der Waals surface area contributed by atoms with E-state index in [0.717, 1.165) is 32.0 Å². The molecule has 27 heavy (non-hydrogen) atoms. The van der Waals surface area contributed by atoms with Crippen molar-refractivity contribution in [3.05, 3.63) is 35.9 Å². The van der Waals surface area contributed by atoms with Crippen LogP contribution in [0.15, 0.2) is 35.3 Å². The van der Waals surface area contributed by atoms with Gasteiger partial charge in [-0.2, -0.15) is 0 Å². The third-order valence-electron chi connectivity index (χ3n) is 6.21. The van der Waals surface area contributed by atoms with Gasteiger partial charge in [0.2, 0.25) is 0 Å². The zero-order valence-electron chi connectivity index (χ0n) is 16.6. The monoisotopic (exact) mass is 370 g/mol. The van der Waals surface area contributed by atoms with Crippen molar-refractivity contribution in [2.45, 2.75) is 76.3 Å². The standard InChI is InChI=1S/C22H34N4O/c1-2-23-22(25-20-14-19-11-12-21(20)27-19)24-15-18-10-6-7-13-26(18)16-17-8-4-3-5-9-17/h3-5,8-9,18-21H,2,6-7,10-16H2,1H3,(H2,23,24,25). The van der Waals surface area contributed by atoms with Crippen LogP contribution >= 0.6 is 0 Å². The van der Waals surface area contributed by atoms with Gasteiger partial charge in [-0.05, 0) is 51.1 Å². The molecule has 3 heterocycles. The Morgan fingerprint density at radius 2 is 2.07 bits per heavy atom. The van der Waals surface area contributed by atoms with Crippen molar-refractivity contribution in [3.8, 4) is 0 Å². The van der Waals surface area contributed by atoms with E-state index in [1.165, 1.54) is 44.2 Å². The molecule has 4 rings (SSSR count). The van der Waals surface area contributed by atoms with E-state index in [1.807, 2.05) is 0 Å². The first-order valence-electron chi connectivity index (χ1n) is 10.8. The summed E-state index contributed by atoms with van der Waals surface area (Å²) >= 11 is 0. The lowest BCUT2D eigenvalue weighted by atomic mass is 9.96. The fraction of sp³-hybridized carbons (Fsp3) is 0.682. The quantitative estimate of drug-likeness (QED) is 0.597. The Balaban J connectivity index is 1.36. The van der Waals surface area contributed by atoms with Gasteiger partial charge in [0.15, 0.2) is 5.96 Å². The summed E-state index contributed by atoms with van der Waals surface area (Å²) in [5, 5.41) is 7.09. The average molecular weight is 371 g/mol. The fourth-order valence-electron chi connectivity index (χ4n) is 4.77. The molecular formula is C22H34N4O.